The molecule has 1 saturated heterocycles. The lowest BCUT2D eigenvalue weighted by Gasteiger charge is -2.23. The molecule has 2 aromatic heterocycles. The topological polar surface area (TPSA) is 80.2 Å². The number of hydrogen-bond acceptors (Lipinski definition) is 6. The van der Waals surface area contributed by atoms with Gasteiger partial charge in [-0.3, -0.25) is 14.7 Å². The largest absolute Gasteiger partial charge is 0.496 e. The van der Waals surface area contributed by atoms with Crippen LogP contribution in [0.1, 0.15) is 40.8 Å². The van der Waals surface area contributed by atoms with Crippen LogP contribution >= 0.6 is 0 Å². The van der Waals surface area contributed by atoms with E-state index in [1.54, 1.807) is 36.5 Å². The summed E-state index contributed by atoms with van der Waals surface area (Å²) in [5, 5.41) is 2.82. The first-order valence-corrected chi connectivity index (χ1v) is 9.76. The zero-order valence-electron chi connectivity index (χ0n) is 16.6. The summed E-state index contributed by atoms with van der Waals surface area (Å²) in [4.78, 5) is 28.0. The summed E-state index contributed by atoms with van der Waals surface area (Å²) in [7, 11) is 1.53. The number of nitrogens with one attached hydrogen (secondary N) is 1. The maximum atomic E-state index is 13.1. The Kier molecular flexibility index (Phi) is 5.94. The Morgan fingerprint density at radius 3 is 2.90 bits per heavy atom. The second-order valence-corrected chi connectivity index (χ2v) is 7.05. The van der Waals surface area contributed by atoms with E-state index in [-0.39, 0.29) is 17.8 Å². The molecule has 7 nitrogen and oxygen atoms in total. The van der Waals surface area contributed by atoms with Gasteiger partial charge < -0.3 is 10.1 Å². The highest BCUT2D eigenvalue weighted by atomic mass is 19.1. The first-order valence-electron chi connectivity index (χ1n) is 9.76. The van der Waals surface area contributed by atoms with E-state index in [2.05, 4.69) is 25.2 Å². The molecule has 1 aliphatic heterocycles. The average molecular weight is 407 g/mol. The van der Waals surface area contributed by atoms with Crippen LogP contribution in [-0.2, 0) is 6.54 Å². The number of aromatic nitrogens is 3. The number of methoxy groups -OCH3 is 1. The fourth-order valence-electron chi connectivity index (χ4n) is 3.64. The summed E-state index contributed by atoms with van der Waals surface area (Å²) >= 11 is 0. The number of ether oxygens (including phenoxy) is 1. The van der Waals surface area contributed by atoms with Gasteiger partial charge in [-0.2, -0.15) is 0 Å². The van der Waals surface area contributed by atoms with E-state index in [1.165, 1.54) is 19.4 Å². The van der Waals surface area contributed by atoms with E-state index in [4.69, 9.17) is 4.74 Å². The maximum Gasteiger partial charge on any atom is 0.260 e. The van der Waals surface area contributed by atoms with Gasteiger partial charge in [0, 0.05) is 12.7 Å². The normalized spacial score (nSPS) is 16.4. The minimum atomic E-state index is -0.349. The van der Waals surface area contributed by atoms with E-state index >= 15 is 0 Å². The molecule has 0 spiro atoms. The van der Waals surface area contributed by atoms with E-state index < -0.39 is 0 Å². The molecule has 154 valence electrons. The van der Waals surface area contributed by atoms with Gasteiger partial charge in [-0.15, -0.1) is 0 Å². The molecule has 0 aliphatic carbocycles. The van der Waals surface area contributed by atoms with Crippen molar-refractivity contribution in [3.63, 3.8) is 0 Å². The van der Waals surface area contributed by atoms with Crippen LogP contribution in [0.4, 0.5) is 10.2 Å². The van der Waals surface area contributed by atoms with Crippen molar-refractivity contribution in [1.82, 2.24) is 19.9 Å². The quantitative estimate of drug-likeness (QED) is 0.672. The Morgan fingerprint density at radius 1 is 1.23 bits per heavy atom. The summed E-state index contributed by atoms with van der Waals surface area (Å²) in [6.07, 6.45) is 4.79. The van der Waals surface area contributed by atoms with Crippen LogP contribution < -0.4 is 10.1 Å². The molecule has 30 heavy (non-hydrogen) atoms. The Labute approximate surface area is 174 Å². The maximum absolute atomic E-state index is 13.1. The molecular formula is C22H22FN5O2. The number of halogens is 1. The number of anilines is 1. The van der Waals surface area contributed by atoms with Crippen molar-refractivity contribution in [2.75, 3.05) is 19.0 Å². The highest BCUT2D eigenvalue weighted by Crippen LogP contribution is 2.31. The summed E-state index contributed by atoms with van der Waals surface area (Å²) in [5.74, 6) is 0.933. The number of para-hydroxylation sites is 1. The fraction of sp³-hybridized carbons (Fsp3) is 0.273. The predicted molar refractivity (Wildman–Crippen MR) is 110 cm³/mol. The molecular weight excluding hydrogens is 385 g/mol. The van der Waals surface area contributed by atoms with Gasteiger partial charge in [0.2, 0.25) is 0 Å². The Hall–Kier alpha value is -3.39. The lowest BCUT2D eigenvalue weighted by molar-refractivity contribution is 0.102. The lowest BCUT2D eigenvalue weighted by Crippen LogP contribution is -2.25. The monoisotopic (exact) mass is 407 g/mol. The molecule has 1 unspecified atom stereocenters. The summed E-state index contributed by atoms with van der Waals surface area (Å²) in [6.45, 7) is 1.47. The van der Waals surface area contributed by atoms with Crippen LogP contribution in [0.25, 0.3) is 0 Å². The number of hydrogen-bond donors (Lipinski definition) is 1. The molecule has 1 amide bonds. The number of amides is 1. The summed E-state index contributed by atoms with van der Waals surface area (Å²) < 4.78 is 18.4. The summed E-state index contributed by atoms with van der Waals surface area (Å²) in [5.41, 5.74) is 1.23. The van der Waals surface area contributed by atoms with Gasteiger partial charge >= 0.3 is 0 Å². The molecule has 3 aromatic rings. The van der Waals surface area contributed by atoms with Crippen LogP contribution in [0.2, 0.25) is 0 Å². The molecule has 0 saturated carbocycles. The van der Waals surface area contributed by atoms with Crippen LogP contribution in [0.15, 0.2) is 54.9 Å². The van der Waals surface area contributed by atoms with E-state index in [0.717, 1.165) is 25.1 Å². The number of pyridine rings is 1. The Bertz CT molecular complexity index is 1030. The molecule has 3 heterocycles. The van der Waals surface area contributed by atoms with Gasteiger partial charge in [-0.05, 0) is 49.7 Å². The number of carbonyl (C=O) groups excluding carboxylic acids is 1. The fourth-order valence-corrected chi connectivity index (χ4v) is 3.64. The zero-order chi connectivity index (χ0) is 20.9. The third kappa shape index (κ3) is 4.44. The highest BCUT2D eigenvalue weighted by Gasteiger charge is 2.29. The van der Waals surface area contributed by atoms with Crippen molar-refractivity contribution in [3.05, 3.63) is 77.8 Å². The third-order valence-electron chi connectivity index (χ3n) is 5.08. The second kappa shape index (κ2) is 8.96. The minimum absolute atomic E-state index is 0.0139. The van der Waals surface area contributed by atoms with Crippen LogP contribution in [0.5, 0.6) is 5.75 Å². The molecule has 4 rings (SSSR count). The number of benzene rings is 1. The minimum Gasteiger partial charge on any atom is -0.496 e. The zero-order valence-corrected chi connectivity index (χ0v) is 16.6. The first-order chi connectivity index (χ1) is 14.6. The van der Waals surface area contributed by atoms with Gasteiger partial charge in [0.1, 0.15) is 23.2 Å². The van der Waals surface area contributed by atoms with Crippen molar-refractivity contribution in [3.8, 4) is 5.75 Å². The Balaban J connectivity index is 1.49. The van der Waals surface area contributed by atoms with Gasteiger partial charge in [0.25, 0.3) is 5.91 Å². The van der Waals surface area contributed by atoms with Gasteiger partial charge in [0.05, 0.1) is 30.6 Å². The predicted octanol–water partition coefficient (Wildman–Crippen LogP) is 3.61. The Morgan fingerprint density at radius 2 is 2.10 bits per heavy atom. The van der Waals surface area contributed by atoms with Gasteiger partial charge in [0.15, 0.2) is 0 Å². The van der Waals surface area contributed by atoms with Gasteiger partial charge in [-0.25, -0.2) is 14.4 Å². The van der Waals surface area contributed by atoms with Gasteiger partial charge in [-0.1, -0.05) is 12.1 Å². The number of carbonyl (C=O) groups is 1. The summed E-state index contributed by atoms with van der Waals surface area (Å²) in [6, 6.07) is 11.8. The van der Waals surface area contributed by atoms with E-state index in [1.807, 2.05) is 6.07 Å². The van der Waals surface area contributed by atoms with Crippen molar-refractivity contribution >= 4 is 11.7 Å². The van der Waals surface area contributed by atoms with Crippen LogP contribution in [-0.4, -0.2) is 39.4 Å². The molecule has 1 aromatic carbocycles. The highest BCUT2D eigenvalue weighted by molar-refractivity contribution is 6.05. The van der Waals surface area contributed by atoms with Crippen molar-refractivity contribution < 1.29 is 13.9 Å². The molecule has 0 bridgehead atoms. The molecule has 8 heteroatoms. The molecule has 1 fully saturated rings. The van der Waals surface area contributed by atoms with Crippen LogP contribution in [0.3, 0.4) is 0 Å². The van der Waals surface area contributed by atoms with E-state index in [9.17, 15) is 9.18 Å². The first kappa shape index (κ1) is 19.9. The smallest absolute Gasteiger partial charge is 0.260 e. The van der Waals surface area contributed by atoms with Crippen molar-refractivity contribution in [2.45, 2.75) is 25.4 Å². The molecule has 1 aliphatic rings. The van der Waals surface area contributed by atoms with Crippen LogP contribution in [0, 0.1) is 5.82 Å². The molecule has 1 N–H and O–H groups in total. The SMILES string of the molecule is COc1ccccc1C(=O)Nc1ccnc(C2CCCN2Cc2ccc(F)cn2)n1. The number of rotatable bonds is 6. The molecule has 0 radical (unpaired) electrons. The standard InChI is InChI=1S/C22H22FN5O2/c1-30-19-7-3-2-5-17(19)22(29)27-20-10-11-24-21(26-20)18-6-4-12-28(18)14-16-9-8-15(23)13-25-16/h2-3,5,7-11,13,18H,4,6,12,14H2,1H3,(H,24,26,27,29). The number of nitrogens with zero attached hydrogens (tertiary/aromatic N) is 4. The average Bonchev–Trinajstić information content (AvgIpc) is 3.23. The van der Waals surface area contributed by atoms with Crippen molar-refractivity contribution in [2.24, 2.45) is 0 Å². The second-order valence-electron chi connectivity index (χ2n) is 7.05. The lowest BCUT2D eigenvalue weighted by atomic mass is 10.2. The van der Waals surface area contributed by atoms with E-state index in [0.29, 0.717) is 29.5 Å². The molecule has 1 atom stereocenters. The number of likely N-dealkylation sites (tertiary alicyclic amines) is 1. The third-order valence-corrected chi connectivity index (χ3v) is 5.08. The van der Waals surface area contributed by atoms with Crippen molar-refractivity contribution in [1.29, 1.82) is 0 Å².